The van der Waals surface area contributed by atoms with Gasteiger partial charge in [-0.2, -0.15) is 0 Å². The van der Waals surface area contributed by atoms with E-state index in [1.165, 1.54) is 0 Å². The molecule has 0 saturated carbocycles. The summed E-state index contributed by atoms with van der Waals surface area (Å²) in [4.78, 5) is 26.6. The first-order chi connectivity index (χ1) is 12.0. The molecule has 7 heteroatoms. The van der Waals surface area contributed by atoms with Gasteiger partial charge in [0.05, 0.1) is 6.54 Å². The highest BCUT2D eigenvalue weighted by Crippen LogP contribution is 2.22. The van der Waals surface area contributed by atoms with Crippen LogP contribution in [0.4, 0.5) is 4.79 Å². The summed E-state index contributed by atoms with van der Waals surface area (Å²) < 4.78 is 1.77. The number of carbonyl (C=O) groups excluding carboxylic acids is 2. The van der Waals surface area contributed by atoms with E-state index in [2.05, 4.69) is 15.5 Å². The van der Waals surface area contributed by atoms with Gasteiger partial charge in [0.15, 0.2) is 11.6 Å². The van der Waals surface area contributed by atoms with Crippen LogP contribution in [0.1, 0.15) is 34.6 Å². The average Bonchev–Trinajstić information content (AvgIpc) is 3.05. The Hall–Kier alpha value is -2.70. The van der Waals surface area contributed by atoms with Gasteiger partial charge in [-0.1, -0.05) is 29.8 Å². The zero-order chi connectivity index (χ0) is 17.8. The van der Waals surface area contributed by atoms with Gasteiger partial charge < -0.3 is 14.8 Å². The number of rotatable bonds is 4. The highest BCUT2D eigenvalue weighted by atomic mass is 16.2. The van der Waals surface area contributed by atoms with Crippen molar-refractivity contribution in [2.24, 2.45) is 13.0 Å². The number of ketones is 1. The molecule has 0 aliphatic carbocycles. The molecule has 0 atom stereocenters. The van der Waals surface area contributed by atoms with E-state index in [0.29, 0.717) is 38.3 Å². The second-order valence-electron chi connectivity index (χ2n) is 6.51. The molecule has 0 unspecified atom stereocenters. The van der Waals surface area contributed by atoms with Crippen LogP contribution >= 0.6 is 0 Å². The number of nitrogens with zero attached hydrogens (tertiary/aromatic N) is 4. The third-order valence-corrected chi connectivity index (χ3v) is 4.69. The summed E-state index contributed by atoms with van der Waals surface area (Å²) in [7, 11) is 1.84. The van der Waals surface area contributed by atoms with Gasteiger partial charge in [-0.15, -0.1) is 10.2 Å². The van der Waals surface area contributed by atoms with Crippen LogP contribution in [0.3, 0.4) is 0 Å². The van der Waals surface area contributed by atoms with Crippen LogP contribution in [0, 0.1) is 12.8 Å². The molecular formula is C18H23N5O2. The van der Waals surface area contributed by atoms with Gasteiger partial charge in [0.25, 0.3) is 0 Å². The quantitative estimate of drug-likeness (QED) is 0.862. The fourth-order valence-corrected chi connectivity index (χ4v) is 3.03. The monoisotopic (exact) mass is 341 g/mol. The fourth-order valence-electron chi connectivity index (χ4n) is 3.03. The number of urea groups is 1. The lowest BCUT2D eigenvalue weighted by Gasteiger charge is -2.31. The smallest absolute Gasteiger partial charge is 0.317 e. The zero-order valence-corrected chi connectivity index (χ0v) is 14.6. The molecule has 1 fully saturated rings. The van der Waals surface area contributed by atoms with Gasteiger partial charge in [-0.05, 0) is 19.8 Å². The fraction of sp³-hybridized carbons (Fsp3) is 0.444. The number of piperidine rings is 1. The first kappa shape index (κ1) is 17.1. The van der Waals surface area contributed by atoms with Crippen molar-refractivity contribution >= 4 is 11.8 Å². The third kappa shape index (κ3) is 4.04. The Morgan fingerprint density at radius 3 is 2.48 bits per heavy atom. The molecule has 25 heavy (non-hydrogen) atoms. The maximum Gasteiger partial charge on any atom is 0.317 e. The topological polar surface area (TPSA) is 80.1 Å². The van der Waals surface area contributed by atoms with Crippen molar-refractivity contribution in [2.45, 2.75) is 26.3 Å². The first-order valence-electron chi connectivity index (χ1n) is 8.51. The molecule has 1 N–H and O–H groups in total. The normalized spacial score (nSPS) is 15.2. The molecule has 1 saturated heterocycles. The molecule has 2 amide bonds. The summed E-state index contributed by atoms with van der Waals surface area (Å²) in [6.07, 6.45) is 3.00. The SMILES string of the molecule is Cc1ccc(C(=O)C2CCN(C(=O)NCc3nncn3C)CC2)cc1. The standard InChI is InChI=1S/C18H23N5O2/c1-13-3-5-14(6-4-13)17(24)15-7-9-23(10-8-15)18(25)19-11-16-21-20-12-22(16)2/h3-6,12,15H,7-11H2,1-2H3,(H,19,25). The highest BCUT2D eigenvalue weighted by Gasteiger charge is 2.27. The van der Waals surface area contributed by atoms with Crippen molar-refractivity contribution in [1.29, 1.82) is 0 Å². The molecule has 1 aliphatic rings. The van der Waals surface area contributed by atoms with E-state index in [9.17, 15) is 9.59 Å². The Bertz CT molecular complexity index is 745. The zero-order valence-electron chi connectivity index (χ0n) is 14.6. The van der Waals surface area contributed by atoms with Crippen molar-refractivity contribution < 1.29 is 9.59 Å². The summed E-state index contributed by atoms with van der Waals surface area (Å²) in [5, 5.41) is 10.6. The molecule has 1 aliphatic heterocycles. The number of carbonyl (C=O) groups is 2. The molecule has 0 radical (unpaired) electrons. The molecular weight excluding hydrogens is 318 g/mol. The minimum Gasteiger partial charge on any atom is -0.331 e. The van der Waals surface area contributed by atoms with E-state index in [1.54, 1.807) is 15.8 Å². The summed E-state index contributed by atoms with van der Waals surface area (Å²) in [6, 6.07) is 7.57. The van der Waals surface area contributed by atoms with Crippen LogP contribution in [0.25, 0.3) is 0 Å². The van der Waals surface area contributed by atoms with Crippen LogP contribution in [0.15, 0.2) is 30.6 Å². The van der Waals surface area contributed by atoms with Crippen LogP contribution in [-0.4, -0.2) is 44.6 Å². The van der Waals surface area contributed by atoms with Crippen LogP contribution in [0.2, 0.25) is 0 Å². The van der Waals surface area contributed by atoms with E-state index < -0.39 is 0 Å². The summed E-state index contributed by atoms with van der Waals surface area (Å²) >= 11 is 0. The van der Waals surface area contributed by atoms with Crippen molar-refractivity contribution in [2.75, 3.05) is 13.1 Å². The van der Waals surface area contributed by atoms with E-state index >= 15 is 0 Å². The maximum atomic E-state index is 12.6. The lowest BCUT2D eigenvalue weighted by molar-refractivity contribution is 0.0854. The largest absolute Gasteiger partial charge is 0.331 e. The Labute approximate surface area is 147 Å². The Balaban J connectivity index is 1.49. The Kier molecular flexibility index (Phi) is 5.11. The maximum absolute atomic E-state index is 12.6. The predicted octanol–water partition coefficient (Wildman–Crippen LogP) is 1.93. The molecule has 132 valence electrons. The van der Waals surface area contributed by atoms with E-state index in [0.717, 1.165) is 11.1 Å². The van der Waals surface area contributed by atoms with Gasteiger partial charge in [-0.3, -0.25) is 4.79 Å². The summed E-state index contributed by atoms with van der Waals surface area (Å²) in [5.41, 5.74) is 1.90. The van der Waals surface area contributed by atoms with Crippen molar-refractivity contribution in [1.82, 2.24) is 25.0 Å². The van der Waals surface area contributed by atoms with Gasteiger partial charge in [0.2, 0.25) is 0 Å². The molecule has 0 bridgehead atoms. The number of hydrogen-bond donors (Lipinski definition) is 1. The second kappa shape index (κ2) is 7.46. The van der Waals surface area contributed by atoms with Crippen molar-refractivity contribution in [3.63, 3.8) is 0 Å². The van der Waals surface area contributed by atoms with Gasteiger partial charge in [0, 0.05) is 31.6 Å². The number of hydrogen-bond acceptors (Lipinski definition) is 4. The van der Waals surface area contributed by atoms with Gasteiger partial charge >= 0.3 is 6.03 Å². The summed E-state index contributed by atoms with van der Waals surface area (Å²) in [5.74, 6) is 0.877. The van der Waals surface area contributed by atoms with E-state index in [1.807, 2.05) is 38.2 Å². The van der Waals surface area contributed by atoms with Crippen LogP contribution < -0.4 is 5.32 Å². The molecule has 2 heterocycles. The number of aromatic nitrogens is 3. The number of amides is 2. The molecule has 0 spiro atoms. The Morgan fingerprint density at radius 2 is 1.88 bits per heavy atom. The number of benzene rings is 1. The molecule has 1 aromatic carbocycles. The van der Waals surface area contributed by atoms with Gasteiger partial charge in [0.1, 0.15) is 6.33 Å². The third-order valence-electron chi connectivity index (χ3n) is 4.69. The van der Waals surface area contributed by atoms with Crippen LogP contribution in [-0.2, 0) is 13.6 Å². The van der Waals surface area contributed by atoms with Crippen molar-refractivity contribution in [3.8, 4) is 0 Å². The summed E-state index contributed by atoms with van der Waals surface area (Å²) in [6.45, 7) is 3.53. The second-order valence-corrected chi connectivity index (χ2v) is 6.51. The van der Waals surface area contributed by atoms with Crippen LogP contribution in [0.5, 0.6) is 0 Å². The van der Waals surface area contributed by atoms with E-state index in [-0.39, 0.29) is 17.7 Å². The number of nitrogens with one attached hydrogen (secondary N) is 1. The first-order valence-corrected chi connectivity index (χ1v) is 8.51. The number of likely N-dealkylation sites (tertiary alicyclic amines) is 1. The highest BCUT2D eigenvalue weighted by molar-refractivity contribution is 5.98. The molecule has 1 aromatic heterocycles. The van der Waals surface area contributed by atoms with Gasteiger partial charge in [-0.25, -0.2) is 4.79 Å². The minimum atomic E-state index is -0.121. The van der Waals surface area contributed by atoms with Crippen molar-refractivity contribution in [3.05, 3.63) is 47.5 Å². The molecule has 2 aromatic rings. The molecule has 7 nitrogen and oxygen atoms in total. The number of aryl methyl sites for hydroxylation is 2. The molecule has 3 rings (SSSR count). The lowest BCUT2D eigenvalue weighted by atomic mass is 9.89. The number of Topliss-reactive ketones (excluding diaryl/α,β-unsaturated/α-hetero) is 1. The lowest BCUT2D eigenvalue weighted by Crippen LogP contribution is -2.45. The minimum absolute atomic E-state index is 0.00880. The van der Waals surface area contributed by atoms with E-state index in [4.69, 9.17) is 0 Å². The Morgan fingerprint density at radius 1 is 1.20 bits per heavy atom. The predicted molar refractivity (Wildman–Crippen MR) is 93.0 cm³/mol. The average molecular weight is 341 g/mol.